The highest BCUT2D eigenvalue weighted by Crippen LogP contribution is 2.53. The van der Waals surface area contributed by atoms with E-state index in [9.17, 15) is 19.5 Å². The Labute approximate surface area is 111 Å². The lowest BCUT2D eigenvalue weighted by Crippen LogP contribution is -2.49. The number of allylic oxidation sites excluding steroid dienone is 2. The van der Waals surface area contributed by atoms with Gasteiger partial charge in [-0.25, -0.2) is 4.79 Å². The normalized spacial score (nSPS) is 37.3. The number of amides is 2. The predicted octanol–water partition coefficient (Wildman–Crippen LogP) is 0.903. The third-order valence-corrected chi connectivity index (χ3v) is 4.67. The molecule has 0 spiro atoms. The molecule has 0 aromatic heterocycles. The zero-order valence-corrected chi connectivity index (χ0v) is 10.9. The Morgan fingerprint density at radius 3 is 2.05 bits per heavy atom. The summed E-state index contributed by atoms with van der Waals surface area (Å²) in [6, 6.07) is -1.04. The van der Waals surface area contributed by atoms with Gasteiger partial charge in [0, 0.05) is 0 Å². The molecule has 3 rings (SSSR count). The molecule has 2 aliphatic carbocycles. The standard InChI is InChI=1S/C14H17NO4/c1-6(2)11(14(18)19)15-12(16)9-7-3-4-8(5-7)10(9)13(15)17/h3-4,6-11H,5H2,1-2H3,(H,18,19)/t7?,8?,9-,10?,11?/m0/s1. The average molecular weight is 263 g/mol. The maximum absolute atomic E-state index is 12.4. The van der Waals surface area contributed by atoms with Crippen molar-refractivity contribution in [2.24, 2.45) is 29.6 Å². The summed E-state index contributed by atoms with van der Waals surface area (Å²) in [5.74, 6) is -2.34. The van der Waals surface area contributed by atoms with E-state index in [0.29, 0.717) is 0 Å². The molecular formula is C14H17NO4. The van der Waals surface area contributed by atoms with Crippen molar-refractivity contribution in [2.75, 3.05) is 0 Å². The molecule has 2 amide bonds. The van der Waals surface area contributed by atoms with Crippen molar-refractivity contribution in [1.82, 2.24) is 4.90 Å². The molecule has 3 aliphatic rings. The van der Waals surface area contributed by atoms with E-state index < -0.39 is 12.0 Å². The van der Waals surface area contributed by atoms with Crippen LogP contribution in [-0.4, -0.2) is 33.8 Å². The quantitative estimate of drug-likeness (QED) is 0.606. The van der Waals surface area contributed by atoms with Gasteiger partial charge in [-0.05, 0) is 24.2 Å². The molecule has 0 radical (unpaired) electrons. The van der Waals surface area contributed by atoms with Crippen LogP contribution in [0.2, 0.25) is 0 Å². The first-order valence-electron chi connectivity index (χ1n) is 6.71. The van der Waals surface area contributed by atoms with Crippen LogP contribution in [0, 0.1) is 29.6 Å². The summed E-state index contributed by atoms with van der Waals surface area (Å²) in [5, 5.41) is 9.29. The van der Waals surface area contributed by atoms with Gasteiger partial charge >= 0.3 is 5.97 Å². The van der Waals surface area contributed by atoms with E-state index in [-0.39, 0.29) is 41.4 Å². The van der Waals surface area contributed by atoms with Gasteiger partial charge in [0.25, 0.3) is 0 Å². The third kappa shape index (κ3) is 1.50. The van der Waals surface area contributed by atoms with Crippen molar-refractivity contribution < 1.29 is 19.5 Å². The smallest absolute Gasteiger partial charge is 0.327 e. The van der Waals surface area contributed by atoms with Gasteiger partial charge in [-0.3, -0.25) is 14.5 Å². The van der Waals surface area contributed by atoms with Gasteiger partial charge < -0.3 is 5.11 Å². The van der Waals surface area contributed by atoms with E-state index in [1.165, 1.54) is 0 Å². The van der Waals surface area contributed by atoms with Crippen LogP contribution in [0.15, 0.2) is 12.2 Å². The predicted molar refractivity (Wildman–Crippen MR) is 65.8 cm³/mol. The Bertz CT molecular complexity index is 466. The van der Waals surface area contributed by atoms with Gasteiger partial charge in [0.2, 0.25) is 11.8 Å². The number of rotatable bonds is 3. The van der Waals surface area contributed by atoms with Crippen LogP contribution in [0.3, 0.4) is 0 Å². The number of carbonyl (C=O) groups excluding carboxylic acids is 2. The summed E-state index contributed by atoms with van der Waals surface area (Å²) in [4.78, 5) is 37.3. The Hall–Kier alpha value is -1.65. The van der Waals surface area contributed by atoms with Crippen LogP contribution in [0.25, 0.3) is 0 Å². The van der Waals surface area contributed by atoms with Crippen molar-refractivity contribution in [3.63, 3.8) is 0 Å². The molecule has 5 heteroatoms. The summed E-state index contributed by atoms with van der Waals surface area (Å²) in [7, 11) is 0. The van der Waals surface area contributed by atoms with E-state index in [1.807, 2.05) is 12.2 Å². The molecule has 5 nitrogen and oxygen atoms in total. The SMILES string of the molecule is CC(C)C(C(=O)O)N1C(=O)C2C3C=CC(C3)[C@@H]2C1=O. The minimum Gasteiger partial charge on any atom is -0.480 e. The number of likely N-dealkylation sites (tertiary alicyclic amines) is 1. The first-order chi connectivity index (χ1) is 8.93. The van der Waals surface area contributed by atoms with E-state index in [2.05, 4.69) is 0 Å². The van der Waals surface area contributed by atoms with E-state index in [4.69, 9.17) is 0 Å². The molecule has 0 aromatic rings. The number of aliphatic carboxylic acids is 1. The zero-order chi connectivity index (χ0) is 13.9. The molecule has 4 unspecified atom stereocenters. The van der Waals surface area contributed by atoms with E-state index >= 15 is 0 Å². The first kappa shape index (κ1) is 12.4. The summed E-state index contributed by atoms with van der Waals surface area (Å²) in [6.07, 6.45) is 4.87. The van der Waals surface area contributed by atoms with Crippen molar-refractivity contribution in [1.29, 1.82) is 0 Å². The van der Waals surface area contributed by atoms with Gasteiger partial charge in [-0.2, -0.15) is 0 Å². The molecule has 19 heavy (non-hydrogen) atoms. The summed E-state index contributed by atoms with van der Waals surface area (Å²) in [5.41, 5.74) is 0. The molecule has 1 heterocycles. The Morgan fingerprint density at radius 1 is 1.21 bits per heavy atom. The number of nitrogens with zero attached hydrogens (tertiary/aromatic N) is 1. The van der Waals surface area contributed by atoms with E-state index in [0.717, 1.165) is 11.3 Å². The second-order valence-corrected chi connectivity index (χ2v) is 6.07. The second-order valence-electron chi connectivity index (χ2n) is 6.07. The highest BCUT2D eigenvalue weighted by Gasteiger charge is 2.61. The van der Waals surface area contributed by atoms with Gasteiger partial charge in [0.15, 0.2) is 0 Å². The largest absolute Gasteiger partial charge is 0.480 e. The molecule has 1 N–H and O–H groups in total. The molecular weight excluding hydrogens is 246 g/mol. The Kier molecular flexibility index (Phi) is 2.56. The number of hydrogen-bond acceptors (Lipinski definition) is 3. The molecule has 102 valence electrons. The van der Waals surface area contributed by atoms with Crippen LogP contribution in [0.4, 0.5) is 0 Å². The highest BCUT2D eigenvalue weighted by molar-refractivity contribution is 6.08. The van der Waals surface area contributed by atoms with Gasteiger partial charge in [-0.1, -0.05) is 26.0 Å². The van der Waals surface area contributed by atoms with Crippen LogP contribution >= 0.6 is 0 Å². The molecule has 2 bridgehead atoms. The van der Waals surface area contributed by atoms with Crippen LogP contribution < -0.4 is 0 Å². The summed E-state index contributed by atoms with van der Waals surface area (Å²) in [6.45, 7) is 3.45. The number of carbonyl (C=O) groups is 3. The average Bonchev–Trinajstić information content (AvgIpc) is 2.97. The zero-order valence-electron chi connectivity index (χ0n) is 10.9. The number of imide groups is 1. The third-order valence-electron chi connectivity index (χ3n) is 4.67. The maximum Gasteiger partial charge on any atom is 0.327 e. The molecule has 0 aromatic carbocycles. The fourth-order valence-electron chi connectivity index (χ4n) is 3.89. The monoisotopic (exact) mass is 263 g/mol. The summed E-state index contributed by atoms with van der Waals surface area (Å²) < 4.78 is 0. The fourth-order valence-corrected chi connectivity index (χ4v) is 3.89. The van der Waals surface area contributed by atoms with Crippen molar-refractivity contribution in [3.8, 4) is 0 Å². The van der Waals surface area contributed by atoms with Crippen molar-refractivity contribution in [3.05, 3.63) is 12.2 Å². The summed E-state index contributed by atoms with van der Waals surface area (Å²) >= 11 is 0. The lowest BCUT2D eigenvalue weighted by atomic mass is 9.85. The number of carboxylic acids is 1. The van der Waals surface area contributed by atoms with Crippen LogP contribution in [0.1, 0.15) is 20.3 Å². The Morgan fingerprint density at radius 2 is 1.68 bits per heavy atom. The molecule has 5 atom stereocenters. The minimum atomic E-state index is -1.10. The molecule has 1 aliphatic heterocycles. The lowest BCUT2D eigenvalue weighted by molar-refractivity contribution is -0.157. The topological polar surface area (TPSA) is 74.7 Å². The van der Waals surface area contributed by atoms with Crippen LogP contribution in [-0.2, 0) is 14.4 Å². The molecule has 1 saturated carbocycles. The van der Waals surface area contributed by atoms with Gasteiger partial charge in [-0.15, -0.1) is 0 Å². The maximum atomic E-state index is 12.4. The number of hydrogen-bond donors (Lipinski definition) is 1. The number of carboxylic acid groups (broad SMARTS) is 1. The lowest BCUT2D eigenvalue weighted by Gasteiger charge is -2.27. The van der Waals surface area contributed by atoms with Crippen molar-refractivity contribution >= 4 is 17.8 Å². The van der Waals surface area contributed by atoms with Gasteiger partial charge in [0.1, 0.15) is 6.04 Å². The minimum absolute atomic E-state index is 0.123. The number of fused-ring (bicyclic) bond motifs is 5. The highest BCUT2D eigenvalue weighted by atomic mass is 16.4. The fraction of sp³-hybridized carbons (Fsp3) is 0.643. The molecule has 1 saturated heterocycles. The van der Waals surface area contributed by atoms with Crippen LogP contribution in [0.5, 0.6) is 0 Å². The van der Waals surface area contributed by atoms with E-state index in [1.54, 1.807) is 13.8 Å². The second kappa shape index (κ2) is 3.92. The Balaban J connectivity index is 1.96. The first-order valence-corrected chi connectivity index (χ1v) is 6.71. The van der Waals surface area contributed by atoms with Crippen molar-refractivity contribution in [2.45, 2.75) is 26.3 Å². The molecule has 2 fully saturated rings. The van der Waals surface area contributed by atoms with Gasteiger partial charge in [0.05, 0.1) is 11.8 Å².